The van der Waals surface area contributed by atoms with Crippen molar-refractivity contribution in [1.82, 2.24) is 0 Å². The molecule has 0 spiro atoms. The Hall–Kier alpha value is -1.32. The third-order valence-electron chi connectivity index (χ3n) is 2.44. The van der Waals surface area contributed by atoms with Gasteiger partial charge in [0.25, 0.3) is 0 Å². The third kappa shape index (κ3) is 11.2. The van der Waals surface area contributed by atoms with E-state index in [1.165, 1.54) is 12.2 Å². The van der Waals surface area contributed by atoms with Crippen LogP contribution in [0.25, 0.3) is 0 Å². The van der Waals surface area contributed by atoms with E-state index in [0.717, 1.165) is 32.1 Å². The minimum atomic E-state index is -0.0528. The van der Waals surface area contributed by atoms with Crippen LogP contribution in [0.1, 0.15) is 32.1 Å². The van der Waals surface area contributed by atoms with E-state index in [-0.39, 0.29) is 6.10 Å². The first-order chi connectivity index (χ1) is 8.85. The van der Waals surface area contributed by atoms with Gasteiger partial charge < -0.3 is 10.5 Å². The van der Waals surface area contributed by atoms with Crippen LogP contribution in [-0.2, 0) is 14.3 Å². The summed E-state index contributed by atoms with van der Waals surface area (Å²) >= 11 is 0. The summed E-state index contributed by atoms with van der Waals surface area (Å²) in [4.78, 5) is 26.9. The lowest BCUT2D eigenvalue weighted by molar-refractivity contribution is 0.0574. The Bertz CT molecular complexity index is 284. The SMILES string of the molecule is NCCOC(CCCCCCN=C=O)CN=C=O. The molecule has 0 saturated carbocycles. The number of aliphatic imine (C=N–C) groups is 2. The topological polar surface area (TPSA) is 94.1 Å². The fourth-order valence-electron chi connectivity index (χ4n) is 1.56. The maximum Gasteiger partial charge on any atom is 0.235 e. The average molecular weight is 255 g/mol. The van der Waals surface area contributed by atoms with Crippen molar-refractivity contribution in [3.05, 3.63) is 0 Å². The second kappa shape index (κ2) is 13.7. The largest absolute Gasteiger partial charge is 0.375 e. The smallest absolute Gasteiger partial charge is 0.235 e. The summed E-state index contributed by atoms with van der Waals surface area (Å²) in [5.74, 6) is 0. The van der Waals surface area contributed by atoms with Gasteiger partial charge in [-0.1, -0.05) is 19.3 Å². The van der Waals surface area contributed by atoms with Crippen molar-refractivity contribution in [2.45, 2.75) is 38.2 Å². The minimum absolute atomic E-state index is 0.0528. The quantitative estimate of drug-likeness (QED) is 0.319. The van der Waals surface area contributed by atoms with Crippen LogP contribution in [0.4, 0.5) is 0 Å². The molecule has 2 N–H and O–H groups in total. The summed E-state index contributed by atoms with van der Waals surface area (Å²) in [6.07, 6.45) is 7.78. The Labute approximate surface area is 107 Å². The summed E-state index contributed by atoms with van der Waals surface area (Å²) in [5.41, 5.74) is 5.35. The van der Waals surface area contributed by atoms with Gasteiger partial charge in [0.15, 0.2) is 0 Å². The molecule has 0 aromatic rings. The summed E-state index contributed by atoms with van der Waals surface area (Å²) in [7, 11) is 0. The molecule has 0 aliphatic heterocycles. The molecule has 18 heavy (non-hydrogen) atoms. The number of unbranched alkanes of at least 4 members (excludes halogenated alkanes) is 3. The molecule has 1 atom stereocenters. The highest BCUT2D eigenvalue weighted by molar-refractivity contribution is 5.33. The van der Waals surface area contributed by atoms with Crippen molar-refractivity contribution in [1.29, 1.82) is 0 Å². The van der Waals surface area contributed by atoms with E-state index in [4.69, 9.17) is 10.5 Å². The van der Waals surface area contributed by atoms with Gasteiger partial charge in [-0.05, 0) is 12.8 Å². The maximum atomic E-state index is 10.0. The van der Waals surface area contributed by atoms with Gasteiger partial charge in [-0.2, -0.15) is 0 Å². The van der Waals surface area contributed by atoms with Crippen LogP contribution >= 0.6 is 0 Å². The molecule has 0 bridgehead atoms. The second-order valence-electron chi connectivity index (χ2n) is 3.89. The van der Waals surface area contributed by atoms with E-state index >= 15 is 0 Å². The summed E-state index contributed by atoms with van der Waals surface area (Å²) in [5, 5.41) is 0. The van der Waals surface area contributed by atoms with E-state index in [1.54, 1.807) is 0 Å². The van der Waals surface area contributed by atoms with Gasteiger partial charge in [-0.25, -0.2) is 19.6 Å². The monoisotopic (exact) mass is 255 g/mol. The lowest BCUT2D eigenvalue weighted by atomic mass is 10.1. The van der Waals surface area contributed by atoms with Crippen LogP contribution in [0.3, 0.4) is 0 Å². The molecule has 0 aliphatic rings. The zero-order valence-corrected chi connectivity index (χ0v) is 10.6. The summed E-state index contributed by atoms with van der Waals surface area (Å²) in [6.45, 7) is 1.84. The number of hydrogen-bond donors (Lipinski definition) is 1. The van der Waals surface area contributed by atoms with Crippen molar-refractivity contribution in [3.8, 4) is 0 Å². The van der Waals surface area contributed by atoms with Crippen molar-refractivity contribution >= 4 is 12.2 Å². The lowest BCUT2D eigenvalue weighted by Crippen LogP contribution is -2.21. The number of carbonyl (C=O) groups excluding carboxylic acids is 2. The molecule has 0 aromatic heterocycles. The number of ether oxygens (including phenoxy) is 1. The number of nitrogens with two attached hydrogens (primary N) is 1. The van der Waals surface area contributed by atoms with E-state index in [1.807, 2.05) is 0 Å². The average Bonchev–Trinajstić information content (AvgIpc) is 2.40. The summed E-state index contributed by atoms with van der Waals surface area (Å²) < 4.78 is 5.47. The van der Waals surface area contributed by atoms with Crippen LogP contribution in [0, 0.1) is 0 Å². The molecule has 0 radical (unpaired) electrons. The Morgan fingerprint density at radius 2 is 1.78 bits per heavy atom. The fourth-order valence-corrected chi connectivity index (χ4v) is 1.56. The first-order valence-electron chi connectivity index (χ1n) is 6.24. The van der Waals surface area contributed by atoms with E-state index in [9.17, 15) is 9.59 Å². The van der Waals surface area contributed by atoms with Gasteiger partial charge >= 0.3 is 0 Å². The Kier molecular flexibility index (Phi) is 12.7. The molecular formula is C12H21N3O3. The number of hydrogen-bond acceptors (Lipinski definition) is 6. The normalized spacial score (nSPS) is 11.4. The van der Waals surface area contributed by atoms with Gasteiger partial charge in [-0.15, -0.1) is 0 Å². The van der Waals surface area contributed by atoms with E-state index in [2.05, 4.69) is 9.98 Å². The zero-order valence-electron chi connectivity index (χ0n) is 10.6. The third-order valence-corrected chi connectivity index (χ3v) is 2.44. The molecule has 0 saturated heterocycles. The minimum Gasteiger partial charge on any atom is -0.375 e. The lowest BCUT2D eigenvalue weighted by Gasteiger charge is -2.14. The molecule has 6 nitrogen and oxygen atoms in total. The van der Waals surface area contributed by atoms with Gasteiger partial charge in [0.1, 0.15) is 0 Å². The van der Waals surface area contributed by atoms with Gasteiger partial charge in [0.05, 0.1) is 25.8 Å². The van der Waals surface area contributed by atoms with E-state index < -0.39 is 0 Å². The second-order valence-corrected chi connectivity index (χ2v) is 3.89. The molecular weight excluding hydrogens is 234 g/mol. The first-order valence-corrected chi connectivity index (χ1v) is 6.24. The van der Waals surface area contributed by atoms with Crippen LogP contribution < -0.4 is 5.73 Å². The summed E-state index contributed by atoms with van der Waals surface area (Å²) in [6, 6.07) is 0. The molecule has 0 aliphatic carbocycles. The molecule has 0 heterocycles. The van der Waals surface area contributed by atoms with Crippen LogP contribution in [0.15, 0.2) is 9.98 Å². The predicted octanol–water partition coefficient (Wildman–Crippen LogP) is 0.952. The maximum absolute atomic E-state index is 10.0. The fraction of sp³-hybridized carbons (Fsp3) is 0.833. The number of isocyanates is 2. The Morgan fingerprint density at radius 1 is 1.06 bits per heavy atom. The standard InChI is InChI=1S/C12H21N3O3/c13-6-8-18-12(9-15-11-17)5-3-1-2-4-7-14-10-16/h12H,1-9,13H2. The van der Waals surface area contributed by atoms with Crippen molar-refractivity contribution in [2.75, 3.05) is 26.2 Å². The molecule has 6 heteroatoms. The predicted molar refractivity (Wildman–Crippen MR) is 67.9 cm³/mol. The molecule has 0 amide bonds. The van der Waals surface area contributed by atoms with Crippen LogP contribution in [-0.4, -0.2) is 44.5 Å². The van der Waals surface area contributed by atoms with Crippen molar-refractivity contribution in [3.63, 3.8) is 0 Å². The molecule has 0 aromatic carbocycles. The highest BCUT2D eigenvalue weighted by Gasteiger charge is 2.07. The highest BCUT2D eigenvalue weighted by atomic mass is 16.5. The zero-order chi connectivity index (χ0) is 13.5. The van der Waals surface area contributed by atoms with E-state index in [0.29, 0.717) is 26.2 Å². The van der Waals surface area contributed by atoms with Gasteiger partial charge in [0, 0.05) is 6.54 Å². The Morgan fingerprint density at radius 3 is 2.44 bits per heavy atom. The van der Waals surface area contributed by atoms with Crippen molar-refractivity contribution in [2.24, 2.45) is 15.7 Å². The number of rotatable bonds is 12. The number of nitrogens with zero attached hydrogens (tertiary/aromatic N) is 2. The van der Waals surface area contributed by atoms with Crippen molar-refractivity contribution < 1.29 is 14.3 Å². The molecule has 1 unspecified atom stereocenters. The molecule has 0 fully saturated rings. The van der Waals surface area contributed by atoms with Gasteiger partial charge in [0.2, 0.25) is 12.2 Å². The van der Waals surface area contributed by atoms with Gasteiger partial charge in [-0.3, -0.25) is 0 Å². The Balaban J connectivity index is 3.60. The first kappa shape index (κ1) is 16.7. The molecule has 0 rings (SSSR count). The van der Waals surface area contributed by atoms with Crippen LogP contribution in [0.2, 0.25) is 0 Å². The highest BCUT2D eigenvalue weighted by Crippen LogP contribution is 2.09. The molecule has 102 valence electrons. The van der Waals surface area contributed by atoms with Crippen LogP contribution in [0.5, 0.6) is 0 Å².